The van der Waals surface area contributed by atoms with Crippen molar-refractivity contribution in [3.63, 3.8) is 0 Å². The molecule has 0 aromatic heterocycles. The summed E-state index contributed by atoms with van der Waals surface area (Å²) in [5, 5.41) is 0. The first-order chi connectivity index (χ1) is 5.78. The van der Waals surface area contributed by atoms with Gasteiger partial charge in [-0.3, -0.25) is 4.57 Å². The van der Waals surface area contributed by atoms with Crippen LogP contribution in [0.3, 0.4) is 0 Å². The van der Waals surface area contributed by atoms with Gasteiger partial charge >= 0.3 is 7.60 Å². The second kappa shape index (κ2) is 5.28. The van der Waals surface area contributed by atoms with Crippen LogP contribution in [0.4, 0.5) is 0 Å². The number of thiol groups is 1. The van der Waals surface area contributed by atoms with E-state index in [9.17, 15) is 4.57 Å². The molecule has 0 radical (unpaired) electrons. The maximum atomic E-state index is 11.8. The summed E-state index contributed by atoms with van der Waals surface area (Å²) in [6, 6.07) is 0. The minimum absolute atomic E-state index is 0.232. The van der Waals surface area contributed by atoms with Gasteiger partial charge in [-0.2, -0.15) is 12.6 Å². The Balaban J connectivity index is 4.45. The van der Waals surface area contributed by atoms with Crippen LogP contribution in [0.15, 0.2) is 0 Å². The van der Waals surface area contributed by atoms with Crippen LogP contribution in [0.5, 0.6) is 0 Å². The first kappa shape index (κ1) is 10.6. The van der Waals surface area contributed by atoms with E-state index in [0.29, 0.717) is 0 Å². The fourth-order valence-corrected chi connectivity index (χ4v) is 2.33. The lowest BCUT2D eigenvalue weighted by molar-refractivity contribution is 0.145. The summed E-state index contributed by atoms with van der Waals surface area (Å²) < 4.78 is 29.3. The molecule has 12 heavy (non-hydrogen) atoms. The zero-order valence-corrected chi connectivity index (χ0v) is 9.64. The van der Waals surface area contributed by atoms with Crippen LogP contribution in [0.1, 0.15) is 29.1 Å². The maximum Gasteiger partial charge on any atom is 0.340 e. The Kier molecular flexibility index (Phi) is 4.65. The smallest absolute Gasteiger partial charge is 0.305 e. The highest BCUT2D eigenvalue weighted by molar-refractivity contribution is 7.88. The molecule has 1 atom stereocenters. The van der Waals surface area contributed by atoms with Crippen molar-refractivity contribution in [2.75, 3.05) is 5.47 Å². The van der Waals surface area contributed by atoms with Gasteiger partial charge < -0.3 is 9.05 Å². The van der Waals surface area contributed by atoms with Crippen molar-refractivity contribution in [3.05, 3.63) is 0 Å². The molecule has 0 N–H and O–H groups in total. The molecule has 74 valence electrons. The Bertz CT molecular complexity index is 182. The highest BCUT2D eigenvalue weighted by Crippen LogP contribution is 2.50. The predicted octanol–water partition coefficient (Wildman–Crippen LogP) is 2.92. The van der Waals surface area contributed by atoms with Gasteiger partial charge in [0.05, 0.1) is 19.0 Å². The number of rotatable bonds is 5. The molecular weight excluding hydrogens is 195 g/mol. The van der Waals surface area contributed by atoms with E-state index in [-0.39, 0.29) is 12.2 Å². The average Bonchev–Trinajstić information content (AvgIpc) is 1.82. The standard InChI is InChI=1S/C7H17O3PS/c1-6(2)9-11(8,5-12)10-7(3)4/h6-7,12H,5H2,1-4H3/i5D/t5-/m1/s1. The normalized spacial score (nSPS) is 16.8. The van der Waals surface area contributed by atoms with E-state index in [1.54, 1.807) is 27.7 Å². The van der Waals surface area contributed by atoms with E-state index < -0.39 is 13.1 Å². The molecule has 0 spiro atoms. The van der Waals surface area contributed by atoms with E-state index in [1.807, 2.05) is 0 Å². The Morgan fingerprint density at radius 1 is 1.33 bits per heavy atom. The van der Waals surface area contributed by atoms with Crippen molar-refractivity contribution in [2.24, 2.45) is 0 Å². The Morgan fingerprint density at radius 3 is 1.83 bits per heavy atom. The second-order valence-corrected chi connectivity index (χ2v) is 5.39. The van der Waals surface area contributed by atoms with E-state index in [1.165, 1.54) is 0 Å². The summed E-state index contributed by atoms with van der Waals surface area (Å²) in [7, 11) is -3.37. The number of hydrogen-bond donors (Lipinski definition) is 1. The molecule has 3 nitrogen and oxygen atoms in total. The highest BCUT2D eigenvalue weighted by Gasteiger charge is 2.25. The van der Waals surface area contributed by atoms with Gasteiger partial charge in [-0.15, -0.1) is 0 Å². The molecule has 0 bridgehead atoms. The molecule has 0 fully saturated rings. The highest BCUT2D eigenvalue weighted by atomic mass is 32.1. The van der Waals surface area contributed by atoms with Crippen LogP contribution in [0.2, 0.25) is 0 Å². The molecule has 0 saturated carbocycles. The molecule has 0 heterocycles. The van der Waals surface area contributed by atoms with Crippen molar-refractivity contribution in [2.45, 2.75) is 39.9 Å². The molecule has 0 saturated heterocycles. The summed E-state index contributed by atoms with van der Waals surface area (Å²) in [6.07, 6.45) is -0.464. The molecule has 5 heteroatoms. The molecule has 0 amide bonds. The third-order valence-electron chi connectivity index (χ3n) is 0.857. The lowest BCUT2D eigenvalue weighted by Gasteiger charge is -2.20. The summed E-state index contributed by atoms with van der Waals surface area (Å²) in [4.78, 5) is 0. The monoisotopic (exact) mass is 213 g/mol. The molecule has 0 unspecified atom stereocenters. The Labute approximate surface area is 81.2 Å². The molecule has 0 aliphatic heterocycles. The quantitative estimate of drug-likeness (QED) is 0.563. The fraction of sp³-hybridized carbons (Fsp3) is 1.00. The van der Waals surface area contributed by atoms with Crippen molar-refractivity contribution < 1.29 is 15.0 Å². The van der Waals surface area contributed by atoms with Gasteiger partial charge in [0, 0.05) is 0 Å². The van der Waals surface area contributed by atoms with Crippen LogP contribution in [-0.4, -0.2) is 17.7 Å². The van der Waals surface area contributed by atoms with Crippen LogP contribution in [0.25, 0.3) is 0 Å². The van der Waals surface area contributed by atoms with Gasteiger partial charge in [-0.1, -0.05) is 0 Å². The Morgan fingerprint density at radius 2 is 1.67 bits per heavy atom. The molecular formula is C7H17O3PS. The first-order valence-corrected chi connectivity index (χ1v) is 5.97. The van der Waals surface area contributed by atoms with Crippen molar-refractivity contribution in [1.82, 2.24) is 0 Å². The molecule has 0 aromatic rings. The predicted molar refractivity (Wildman–Crippen MR) is 53.9 cm³/mol. The van der Waals surface area contributed by atoms with Gasteiger partial charge in [0.25, 0.3) is 0 Å². The van der Waals surface area contributed by atoms with E-state index in [2.05, 4.69) is 12.6 Å². The van der Waals surface area contributed by atoms with E-state index in [4.69, 9.17) is 10.4 Å². The van der Waals surface area contributed by atoms with Gasteiger partial charge in [-0.05, 0) is 27.7 Å². The molecule has 0 aliphatic carbocycles. The zero-order chi connectivity index (χ0) is 10.6. The van der Waals surface area contributed by atoms with Gasteiger partial charge in [0.2, 0.25) is 0 Å². The van der Waals surface area contributed by atoms with Crippen LogP contribution in [-0.2, 0) is 13.6 Å². The van der Waals surface area contributed by atoms with E-state index in [0.717, 1.165) is 0 Å². The Hall–Kier alpha value is 0.500. The minimum Gasteiger partial charge on any atom is -0.305 e. The summed E-state index contributed by atoms with van der Waals surface area (Å²) in [5.41, 5.74) is -1.14. The SMILES string of the molecule is [2H][C@@H](S)P(=O)(OC(C)C)OC(C)C. The van der Waals surface area contributed by atoms with E-state index >= 15 is 0 Å². The van der Waals surface area contributed by atoms with Gasteiger partial charge in [0.1, 0.15) is 0 Å². The lowest BCUT2D eigenvalue weighted by atomic mass is 10.5. The van der Waals surface area contributed by atoms with Gasteiger partial charge in [-0.25, -0.2) is 0 Å². The maximum absolute atomic E-state index is 11.8. The fourth-order valence-electron chi connectivity index (χ4n) is 0.667. The lowest BCUT2D eigenvalue weighted by Crippen LogP contribution is -2.08. The minimum atomic E-state index is -3.37. The zero-order valence-electron chi connectivity index (χ0n) is 8.85. The summed E-state index contributed by atoms with van der Waals surface area (Å²) >= 11 is 3.78. The second-order valence-electron chi connectivity index (χ2n) is 2.96. The topological polar surface area (TPSA) is 35.5 Å². The number of hydrogen-bond acceptors (Lipinski definition) is 4. The van der Waals surface area contributed by atoms with Crippen LogP contribution < -0.4 is 0 Å². The third-order valence-corrected chi connectivity index (χ3v) is 3.42. The van der Waals surface area contributed by atoms with Crippen LogP contribution in [0, 0.1) is 0 Å². The molecule has 0 aromatic carbocycles. The van der Waals surface area contributed by atoms with Gasteiger partial charge in [0.15, 0.2) is 0 Å². The van der Waals surface area contributed by atoms with Crippen molar-refractivity contribution >= 4 is 20.2 Å². The van der Waals surface area contributed by atoms with Crippen molar-refractivity contribution in [3.8, 4) is 0 Å². The van der Waals surface area contributed by atoms with Crippen molar-refractivity contribution in [1.29, 1.82) is 0 Å². The average molecular weight is 213 g/mol. The van der Waals surface area contributed by atoms with Crippen LogP contribution >= 0.6 is 20.2 Å². The largest absolute Gasteiger partial charge is 0.340 e. The summed E-state index contributed by atoms with van der Waals surface area (Å²) in [5.74, 6) is 0. The first-order valence-electron chi connectivity index (χ1n) is 4.42. The molecule has 0 rings (SSSR count). The summed E-state index contributed by atoms with van der Waals surface area (Å²) in [6.45, 7) is 6.97. The third kappa shape index (κ3) is 5.20. The molecule has 0 aliphatic rings.